The molecule has 0 unspecified atom stereocenters. The number of nitriles is 1. The minimum atomic E-state index is -0.571. The van der Waals surface area contributed by atoms with Gasteiger partial charge in [0.2, 0.25) is 0 Å². The molecule has 0 aromatic heterocycles. The molecule has 0 aliphatic heterocycles. The molecule has 32 heavy (non-hydrogen) atoms. The highest BCUT2D eigenvalue weighted by Crippen LogP contribution is 2.28. The molecule has 0 bridgehead atoms. The molecule has 0 saturated carbocycles. The highest BCUT2D eigenvalue weighted by atomic mass is 35.5. The van der Waals surface area contributed by atoms with Crippen LogP contribution in [0.1, 0.15) is 16.7 Å². The number of hydrogen-bond donors (Lipinski definition) is 1. The molecular formula is C25H20ClFN2O3. The number of ether oxygens (including phenoxy) is 2. The van der Waals surface area contributed by atoms with Gasteiger partial charge in [0, 0.05) is 22.3 Å². The fraction of sp³-hybridized carbons (Fsp3) is 0.120. The van der Waals surface area contributed by atoms with Crippen LogP contribution in [0.2, 0.25) is 5.02 Å². The second kappa shape index (κ2) is 10.5. The number of nitrogens with one attached hydrogen (secondary N) is 1. The first kappa shape index (κ1) is 22.9. The smallest absolute Gasteiger partial charge is 0.266 e. The van der Waals surface area contributed by atoms with E-state index in [1.165, 1.54) is 25.3 Å². The molecule has 0 atom stereocenters. The highest BCUT2D eigenvalue weighted by Gasteiger charge is 2.14. The van der Waals surface area contributed by atoms with Gasteiger partial charge in [0.25, 0.3) is 5.91 Å². The first-order valence-electron chi connectivity index (χ1n) is 9.65. The summed E-state index contributed by atoms with van der Waals surface area (Å²) < 4.78 is 24.3. The van der Waals surface area contributed by atoms with Crippen molar-refractivity contribution in [3.63, 3.8) is 0 Å². The number of carbonyl (C=O) groups excluding carboxylic acids is 1. The van der Waals surface area contributed by atoms with E-state index in [-0.39, 0.29) is 18.0 Å². The van der Waals surface area contributed by atoms with E-state index in [9.17, 15) is 14.4 Å². The highest BCUT2D eigenvalue weighted by molar-refractivity contribution is 6.31. The molecule has 0 spiro atoms. The number of halogens is 2. The van der Waals surface area contributed by atoms with Crippen LogP contribution in [0.5, 0.6) is 11.5 Å². The summed E-state index contributed by atoms with van der Waals surface area (Å²) in [5.41, 5.74) is 2.39. The second-order valence-electron chi connectivity index (χ2n) is 6.86. The normalized spacial score (nSPS) is 10.9. The quantitative estimate of drug-likeness (QED) is 0.358. The van der Waals surface area contributed by atoms with Crippen molar-refractivity contribution in [3.8, 4) is 17.6 Å². The Balaban J connectivity index is 1.87. The van der Waals surface area contributed by atoms with Crippen molar-refractivity contribution < 1.29 is 18.7 Å². The number of rotatable bonds is 7. The van der Waals surface area contributed by atoms with Crippen LogP contribution < -0.4 is 14.8 Å². The van der Waals surface area contributed by atoms with Gasteiger partial charge >= 0.3 is 0 Å². The van der Waals surface area contributed by atoms with Crippen LogP contribution in [-0.2, 0) is 11.4 Å². The van der Waals surface area contributed by atoms with Gasteiger partial charge < -0.3 is 14.8 Å². The van der Waals surface area contributed by atoms with Crippen LogP contribution in [0.4, 0.5) is 10.1 Å². The summed E-state index contributed by atoms with van der Waals surface area (Å²) in [6.45, 7) is 1.95. The summed E-state index contributed by atoms with van der Waals surface area (Å²) in [6.07, 6.45) is 1.44. The van der Waals surface area contributed by atoms with E-state index in [0.29, 0.717) is 33.3 Å². The predicted octanol–water partition coefficient (Wildman–Crippen LogP) is 5.92. The van der Waals surface area contributed by atoms with Gasteiger partial charge in [-0.2, -0.15) is 5.26 Å². The van der Waals surface area contributed by atoms with Gasteiger partial charge in [0.1, 0.15) is 35.6 Å². The number of nitrogens with zero attached hydrogens (tertiary/aromatic N) is 1. The van der Waals surface area contributed by atoms with Crippen molar-refractivity contribution in [2.45, 2.75) is 13.5 Å². The van der Waals surface area contributed by atoms with E-state index in [1.807, 2.05) is 6.07 Å². The summed E-state index contributed by atoms with van der Waals surface area (Å²) in [5.74, 6) is 0.0541. The third kappa shape index (κ3) is 5.65. The zero-order valence-electron chi connectivity index (χ0n) is 17.5. The Bertz CT molecular complexity index is 1200. The van der Waals surface area contributed by atoms with Crippen LogP contribution in [0.25, 0.3) is 6.08 Å². The maximum absolute atomic E-state index is 13.1. The summed E-state index contributed by atoms with van der Waals surface area (Å²) in [4.78, 5) is 12.7. The Hall–Kier alpha value is -3.82. The maximum atomic E-state index is 13.1. The van der Waals surface area contributed by atoms with E-state index in [4.69, 9.17) is 21.1 Å². The van der Waals surface area contributed by atoms with E-state index >= 15 is 0 Å². The zero-order chi connectivity index (χ0) is 23.1. The van der Waals surface area contributed by atoms with Gasteiger partial charge in [-0.25, -0.2) is 4.39 Å². The van der Waals surface area contributed by atoms with Crippen LogP contribution in [-0.4, -0.2) is 13.0 Å². The molecule has 3 aromatic rings. The summed E-state index contributed by atoms with van der Waals surface area (Å²) in [7, 11) is 1.52. The fourth-order valence-electron chi connectivity index (χ4n) is 2.86. The topological polar surface area (TPSA) is 71.3 Å². The molecule has 0 aliphatic rings. The van der Waals surface area contributed by atoms with Crippen molar-refractivity contribution in [2.75, 3.05) is 12.4 Å². The molecule has 1 amide bonds. The van der Waals surface area contributed by atoms with E-state index in [0.717, 1.165) is 5.56 Å². The molecule has 5 nitrogen and oxygen atoms in total. The summed E-state index contributed by atoms with van der Waals surface area (Å²) >= 11 is 6.10. The van der Waals surface area contributed by atoms with Gasteiger partial charge in [0.15, 0.2) is 0 Å². The Morgan fingerprint density at radius 2 is 1.94 bits per heavy atom. The zero-order valence-corrected chi connectivity index (χ0v) is 18.2. The van der Waals surface area contributed by atoms with Crippen LogP contribution >= 0.6 is 11.6 Å². The lowest BCUT2D eigenvalue weighted by molar-refractivity contribution is -0.112. The lowest BCUT2D eigenvalue weighted by Crippen LogP contribution is -2.14. The maximum Gasteiger partial charge on any atom is 0.266 e. The molecule has 7 heteroatoms. The fourth-order valence-corrected chi connectivity index (χ4v) is 3.04. The van der Waals surface area contributed by atoms with Crippen molar-refractivity contribution in [2.24, 2.45) is 0 Å². The number of benzene rings is 3. The van der Waals surface area contributed by atoms with E-state index in [1.54, 1.807) is 55.5 Å². The third-order valence-electron chi connectivity index (χ3n) is 4.71. The number of anilines is 1. The Morgan fingerprint density at radius 1 is 1.19 bits per heavy atom. The van der Waals surface area contributed by atoms with Crippen molar-refractivity contribution in [1.82, 2.24) is 0 Å². The van der Waals surface area contributed by atoms with Gasteiger partial charge in [-0.15, -0.1) is 0 Å². The monoisotopic (exact) mass is 450 g/mol. The third-order valence-corrected chi connectivity index (χ3v) is 5.12. The molecule has 3 rings (SSSR count). The van der Waals surface area contributed by atoms with E-state index < -0.39 is 5.91 Å². The molecular weight excluding hydrogens is 431 g/mol. The number of carbonyl (C=O) groups is 1. The Kier molecular flexibility index (Phi) is 7.48. The number of methoxy groups -OCH3 is 1. The standard InChI is InChI=1S/C25H20ClFN2O3/c1-16-22(26)4-3-5-23(16)29-25(30)19(14-28)12-18-8-11-21(31-2)13-24(18)32-15-17-6-9-20(27)10-7-17/h3-13H,15H2,1-2H3,(H,29,30)/b19-12+. The SMILES string of the molecule is COc1ccc(/C=C(\C#N)C(=O)Nc2cccc(Cl)c2C)c(OCc2ccc(F)cc2)c1. The Morgan fingerprint density at radius 3 is 2.62 bits per heavy atom. The van der Waals surface area contributed by atoms with Crippen molar-refractivity contribution in [1.29, 1.82) is 5.26 Å². The lowest BCUT2D eigenvalue weighted by atomic mass is 10.1. The summed E-state index contributed by atoms with van der Waals surface area (Å²) in [6, 6.07) is 18.0. The molecule has 0 heterocycles. The molecule has 0 fully saturated rings. The molecule has 1 N–H and O–H groups in total. The first-order valence-corrected chi connectivity index (χ1v) is 10.0. The molecule has 0 saturated heterocycles. The van der Waals surface area contributed by atoms with Crippen LogP contribution in [0, 0.1) is 24.1 Å². The molecule has 0 radical (unpaired) electrons. The van der Waals surface area contributed by atoms with Crippen molar-refractivity contribution >= 4 is 29.3 Å². The number of hydrogen-bond acceptors (Lipinski definition) is 4. The summed E-state index contributed by atoms with van der Waals surface area (Å²) in [5, 5.41) is 12.8. The van der Waals surface area contributed by atoms with Gasteiger partial charge in [-0.3, -0.25) is 4.79 Å². The Labute approximate surface area is 190 Å². The largest absolute Gasteiger partial charge is 0.497 e. The van der Waals surface area contributed by atoms with Gasteiger partial charge in [0.05, 0.1) is 7.11 Å². The minimum absolute atomic E-state index is 0.110. The minimum Gasteiger partial charge on any atom is -0.497 e. The second-order valence-corrected chi connectivity index (χ2v) is 7.26. The van der Waals surface area contributed by atoms with Crippen molar-refractivity contribution in [3.05, 3.63) is 93.8 Å². The lowest BCUT2D eigenvalue weighted by Gasteiger charge is -2.12. The molecule has 0 aliphatic carbocycles. The predicted molar refractivity (Wildman–Crippen MR) is 122 cm³/mol. The first-order chi connectivity index (χ1) is 15.4. The average Bonchev–Trinajstić information content (AvgIpc) is 2.80. The average molecular weight is 451 g/mol. The molecule has 3 aromatic carbocycles. The van der Waals surface area contributed by atoms with E-state index in [2.05, 4.69) is 5.32 Å². The number of amides is 1. The van der Waals surface area contributed by atoms with Gasteiger partial charge in [-0.05, 0) is 60.5 Å². The molecule has 162 valence electrons. The van der Waals surface area contributed by atoms with Gasteiger partial charge in [-0.1, -0.05) is 29.8 Å². The van der Waals surface area contributed by atoms with Crippen LogP contribution in [0.15, 0.2) is 66.2 Å². The van der Waals surface area contributed by atoms with Crippen LogP contribution in [0.3, 0.4) is 0 Å².